The minimum absolute atomic E-state index is 0. The standard InChI is InChI=1S/C28H32ClN3O2.2ClH/c1-19(2)18-33-26-10-7-22(29)15-21(26)16-23-8-11-27(34-23)28-30-24-9-6-20(14-25(24)31-28)17-32-12-4-3-5-13-32;;/h6-11,14-15,19H,3-5,12-13,16-18H2,1-2H3,(H,30,31);2*1H. The Bertz CT molecular complexity index is 1260. The number of hydrogen-bond donors (Lipinski definition) is 1. The fraction of sp³-hybridized carbons (Fsp3) is 0.393. The second kappa shape index (κ2) is 12.9. The molecule has 194 valence electrons. The molecular formula is C28H34Cl3N3O2. The van der Waals surface area contributed by atoms with E-state index in [0.29, 0.717) is 24.0 Å². The first-order valence-corrected chi connectivity index (χ1v) is 12.6. The van der Waals surface area contributed by atoms with E-state index >= 15 is 0 Å². The summed E-state index contributed by atoms with van der Waals surface area (Å²) in [4.78, 5) is 10.8. The van der Waals surface area contributed by atoms with Gasteiger partial charge in [-0.05, 0) is 79.9 Å². The summed E-state index contributed by atoms with van der Waals surface area (Å²) in [5.41, 5.74) is 4.32. The molecule has 1 saturated heterocycles. The van der Waals surface area contributed by atoms with Crippen molar-refractivity contribution in [3.63, 3.8) is 0 Å². The third kappa shape index (κ3) is 6.98. The zero-order valence-corrected chi connectivity index (χ0v) is 23.1. The van der Waals surface area contributed by atoms with Gasteiger partial charge in [-0.15, -0.1) is 24.8 Å². The Morgan fingerprint density at radius 3 is 2.61 bits per heavy atom. The monoisotopic (exact) mass is 549 g/mol. The van der Waals surface area contributed by atoms with Crippen molar-refractivity contribution in [2.45, 2.75) is 46.1 Å². The van der Waals surface area contributed by atoms with Crippen LogP contribution < -0.4 is 4.74 Å². The highest BCUT2D eigenvalue weighted by Gasteiger charge is 2.15. The molecule has 0 radical (unpaired) electrons. The predicted octanol–water partition coefficient (Wildman–Crippen LogP) is 7.93. The SMILES string of the molecule is CC(C)COc1ccc(Cl)cc1Cc1ccc(-c2nc3cc(CN4CCCCC4)ccc3[nH]2)o1.Cl.Cl. The van der Waals surface area contributed by atoms with Crippen molar-refractivity contribution < 1.29 is 9.15 Å². The lowest BCUT2D eigenvalue weighted by molar-refractivity contribution is 0.221. The first-order valence-electron chi connectivity index (χ1n) is 12.2. The van der Waals surface area contributed by atoms with E-state index in [2.05, 4.69) is 41.9 Å². The fourth-order valence-electron chi connectivity index (χ4n) is 4.51. The van der Waals surface area contributed by atoms with Crippen LogP contribution >= 0.6 is 36.4 Å². The lowest BCUT2D eigenvalue weighted by atomic mass is 10.1. The molecule has 0 spiro atoms. The van der Waals surface area contributed by atoms with Gasteiger partial charge in [-0.3, -0.25) is 4.90 Å². The summed E-state index contributed by atoms with van der Waals surface area (Å²) >= 11 is 6.26. The largest absolute Gasteiger partial charge is 0.493 e. The number of ether oxygens (including phenoxy) is 1. The molecule has 2 aromatic carbocycles. The van der Waals surface area contributed by atoms with Gasteiger partial charge in [-0.1, -0.05) is 37.9 Å². The van der Waals surface area contributed by atoms with Crippen molar-refractivity contribution in [2.24, 2.45) is 5.92 Å². The lowest BCUT2D eigenvalue weighted by Crippen LogP contribution is -2.29. The maximum atomic E-state index is 6.26. The molecule has 0 atom stereocenters. The molecule has 3 heterocycles. The first-order chi connectivity index (χ1) is 16.5. The second-order valence-electron chi connectivity index (χ2n) is 9.67. The number of nitrogens with one attached hydrogen (secondary N) is 1. The number of furan rings is 1. The molecule has 0 bridgehead atoms. The number of piperidine rings is 1. The van der Waals surface area contributed by atoms with Crippen LogP contribution in [0.25, 0.3) is 22.6 Å². The van der Waals surface area contributed by atoms with E-state index < -0.39 is 0 Å². The number of fused-ring (bicyclic) bond motifs is 1. The number of likely N-dealkylation sites (tertiary alicyclic amines) is 1. The number of H-pyrrole nitrogens is 1. The van der Waals surface area contributed by atoms with E-state index in [1.165, 1.54) is 37.9 Å². The molecule has 0 amide bonds. The molecular weight excluding hydrogens is 517 g/mol. The van der Waals surface area contributed by atoms with Gasteiger partial charge in [-0.25, -0.2) is 4.98 Å². The summed E-state index contributed by atoms with van der Waals surface area (Å²) in [6.45, 7) is 8.31. The van der Waals surface area contributed by atoms with Crippen LogP contribution in [0.1, 0.15) is 50.0 Å². The minimum atomic E-state index is 0. The highest BCUT2D eigenvalue weighted by molar-refractivity contribution is 6.30. The second-order valence-corrected chi connectivity index (χ2v) is 10.1. The van der Waals surface area contributed by atoms with E-state index in [9.17, 15) is 0 Å². The number of rotatable bonds is 8. The number of benzene rings is 2. The number of nitrogens with zero attached hydrogens (tertiary/aromatic N) is 2. The third-order valence-corrected chi connectivity index (χ3v) is 6.49. The van der Waals surface area contributed by atoms with Gasteiger partial charge in [0.05, 0.1) is 17.6 Å². The quantitative estimate of drug-likeness (QED) is 0.242. The minimum Gasteiger partial charge on any atom is -0.493 e. The van der Waals surface area contributed by atoms with Crippen molar-refractivity contribution >= 4 is 47.4 Å². The Hall–Kier alpha value is -2.18. The van der Waals surface area contributed by atoms with Crippen molar-refractivity contribution in [2.75, 3.05) is 19.7 Å². The smallest absolute Gasteiger partial charge is 0.174 e. The van der Waals surface area contributed by atoms with Gasteiger partial charge in [0.2, 0.25) is 0 Å². The number of hydrogen-bond acceptors (Lipinski definition) is 4. The van der Waals surface area contributed by atoms with Gasteiger partial charge in [0.1, 0.15) is 11.5 Å². The topological polar surface area (TPSA) is 54.3 Å². The third-order valence-electron chi connectivity index (χ3n) is 6.26. The van der Waals surface area contributed by atoms with Crippen LogP contribution in [0.4, 0.5) is 0 Å². The van der Waals surface area contributed by atoms with Gasteiger partial charge in [0, 0.05) is 23.6 Å². The zero-order valence-electron chi connectivity index (χ0n) is 20.8. The Labute approximate surface area is 230 Å². The maximum absolute atomic E-state index is 6.26. The van der Waals surface area contributed by atoms with Crippen LogP contribution in [0, 0.1) is 5.92 Å². The highest BCUT2D eigenvalue weighted by Crippen LogP contribution is 2.29. The summed E-state index contributed by atoms with van der Waals surface area (Å²) in [6.07, 6.45) is 4.56. The Morgan fingerprint density at radius 1 is 1.03 bits per heavy atom. The first kappa shape index (κ1) is 28.4. The van der Waals surface area contributed by atoms with E-state index in [1.54, 1.807) is 0 Å². The van der Waals surface area contributed by atoms with Gasteiger partial charge >= 0.3 is 0 Å². The van der Waals surface area contributed by atoms with Crippen molar-refractivity contribution in [1.82, 2.24) is 14.9 Å². The summed E-state index contributed by atoms with van der Waals surface area (Å²) in [6, 6.07) is 16.2. The summed E-state index contributed by atoms with van der Waals surface area (Å²) in [7, 11) is 0. The number of halogens is 3. The lowest BCUT2D eigenvalue weighted by Gasteiger charge is -2.26. The number of aromatic amines is 1. The highest BCUT2D eigenvalue weighted by atomic mass is 35.5. The van der Waals surface area contributed by atoms with Gasteiger partial charge in [-0.2, -0.15) is 0 Å². The molecule has 1 aliphatic rings. The van der Waals surface area contributed by atoms with E-state index in [-0.39, 0.29) is 24.8 Å². The average Bonchev–Trinajstić information content (AvgIpc) is 3.46. The Balaban J connectivity index is 0.00000180. The van der Waals surface area contributed by atoms with Crippen LogP contribution in [-0.2, 0) is 13.0 Å². The number of imidazole rings is 1. The van der Waals surface area contributed by atoms with Crippen LogP contribution in [0.3, 0.4) is 0 Å². The summed E-state index contributed by atoms with van der Waals surface area (Å²) in [5, 5.41) is 0.691. The number of aromatic nitrogens is 2. The molecule has 1 fully saturated rings. The van der Waals surface area contributed by atoms with E-state index in [0.717, 1.165) is 46.2 Å². The molecule has 36 heavy (non-hydrogen) atoms. The average molecular weight is 551 g/mol. The molecule has 0 aliphatic carbocycles. The zero-order chi connectivity index (χ0) is 23.5. The molecule has 1 aliphatic heterocycles. The molecule has 5 nitrogen and oxygen atoms in total. The Kier molecular flexibility index (Phi) is 10.1. The van der Waals surface area contributed by atoms with Gasteiger partial charge < -0.3 is 14.1 Å². The molecule has 0 saturated carbocycles. The molecule has 8 heteroatoms. The predicted molar refractivity (Wildman–Crippen MR) is 152 cm³/mol. The van der Waals surface area contributed by atoms with Crippen molar-refractivity contribution in [3.8, 4) is 17.3 Å². The summed E-state index contributed by atoms with van der Waals surface area (Å²) < 4.78 is 12.2. The Morgan fingerprint density at radius 2 is 1.83 bits per heavy atom. The van der Waals surface area contributed by atoms with Crippen molar-refractivity contribution in [1.29, 1.82) is 0 Å². The maximum Gasteiger partial charge on any atom is 0.174 e. The van der Waals surface area contributed by atoms with E-state index in [4.69, 9.17) is 25.7 Å². The van der Waals surface area contributed by atoms with Crippen molar-refractivity contribution in [3.05, 3.63) is 70.4 Å². The molecule has 4 aromatic rings. The van der Waals surface area contributed by atoms with E-state index in [1.807, 2.05) is 30.3 Å². The van der Waals surface area contributed by atoms with Crippen LogP contribution in [0.2, 0.25) is 5.02 Å². The van der Waals surface area contributed by atoms with Crippen LogP contribution in [-0.4, -0.2) is 34.6 Å². The molecule has 0 unspecified atom stereocenters. The molecule has 1 N–H and O–H groups in total. The molecule has 2 aromatic heterocycles. The van der Waals surface area contributed by atoms with Crippen LogP contribution in [0.15, 0.2) is 52.9 Å². The van der Waals surface area contributed by atoms with Crippen LogP contribution in [0.5, 0.6) is 5.75 Å². The van der Waals surface area contributed by atoms with Gasteiger partial charge in [0.25, 0.3) is 0 Å². The molecule has 5 rings (SSSR count). The fourth-order valence-corrected chi connectivity index (χ4v) is 4.71. The van der Waals surface area contributed by atoms with Gasteiger partial charge in [0.15, 0.2) is 11.6 Å². The normalized spacial score (nSPS) is 14.0. The summed E-state index contributed by atoms with van der Waals surface area (Å²) in [5.74, 6) is 3.63.